The molecule has 10 nitrogen and oxygen atoms in total. The first-order valence-corrected chi connectivity index (χ1v) is 13.1. The maximum atomic E-state index is 13.2. The van der Waals surface area contributed by atoms with Gasteiger partial charge in [0, 0.05) is 30.3 Å². The van der Waals surface area contributed by atoms with Gasteiger partial charge in [0.1, 0.15) is 17.3 Å². The molecule has 1 fully saturated rings. The standard InChI is InChI=1S/C21H22ClN5O5S2/c22-19-3-1-2-14(26-19)4-12-5-18(33-10-12)20(29)16-8-24-11-25-21(16)27-15-6-13(17(28)7-15)9-32-34(23,30)31/h1-3,5,8,10-11,13,15,17,28H,4,6-7,9H2,(H2,23,30,31)(H,24,25,27)/t13-,15-,17+/m1/s1. The second-order valence-corrected chi connectivity index (χ2v) is 10.5. The van der Waals surface area contributed by atoms with Gasteiger partial charge in [0.2, 0.25) is 5.78 Å². The molecule has 3 atom stereocenters. The van der Waals surface area contributed by atoms with Crippen molar-refractivity contribution in [3.63, 3.8) is 0 Å². The first-order valence-electron chi connectivity index (χ1n) is 10.3. The highest BCUT2D eigenvalue weighted by Crippen LogP contribution is 2.30. The molecule has 4 rings (SSSR count). The fraction of sp³-hybridized carbons (Fsp3) is 0.333. The van der Waals surface area contributed by atoms with E-state index in [9.17, 15) is 18.3 Å². The lowest BCUT2D eigenvalue weighted by Crippen LogP contribution is -2.24. The SMILES string of the molecule is NS(=O)(=O)OC[C@H]1C[C@@H](Nc2ncncc2C(=O)c2cc(Cc3cccc(Cl)n3)cs2)C[C@@H]1O. The number of nitrogens with one attached hydrogen (secondary N) is 1. The minimum Gasteiger partial charge on any atom is -0.393 e. The molecular weight excluding hydrogens is 502 g/mol. The fourth-order valence-corrected chi connectivity index (χ4v) is 5.28. The number of pyridine rings is 1. The van der Waals surface area contributed by atoms with Crippen LogP contribution in [0.5, 0.6) is 0 Å². The summed E-state index contributed by atoms with van der Waals surface area (Å²) in [5.74, 6) is -0.306. The number of ketones is 1. The van der Waals surface area contributed by atoms with Crippen molar-refractivity contribution in [3.05, 3.63) is 69.0 Å². The fourth-order valence-electron chi connectivity index (χ4n) is 3.86. The van der Waals surface area contributed by atoms with Gasteiger partial charge in [-0.05, 0) is 42.0 Å². The summed E-state index contributed by atoms with van der Waals surface area (Å²) < 4.78 is 26.7. The zero-order valence-electron chi connectivity index (χ0n) is 17.8. The van der Waals surface area contributed by atoms with Gasteiger partial charge in [0.25, 0.3) is 0 Å². The molecule has 34 heavy (non-hydrogen) atoms. The molecule has 0 saturated heterocycles. The highest BCUT2D eigenvalue weighted by molar-refractivity contribution is 7.84. The molecule has 0 aromatic carbocycles. The quantitative estimate of drug-likeness (QED) is 0.282. The topological polar surface area (TPSA) is 157 Å². The Bertz CT molecular complexity index is 1290. The molecule has 1 aliphatic carbocycles. The van der Waals surface area contributed by atoms with Gasteiger partial charge in [-0.15, -0.1) is 11.3 Å². The number of carbonyl (C=O) groups is 1. The van der Waals surface area contributed by atoms with Crippen LogP contribution in [0.15, 0.2) is 42.2 Å². The highest BCUT2D eigenvalue weighted by Gasteiger charge is 2.34. The van der Waals surface area contributed by atoms with Gasteiger partial charge < -0.3 is 10.4 Å². The second kappa shape index (κ2) is 10.4. The van der Waals surface area contributed by atoms with E-state index in [2.05, 4.69) is 24.5 Å². The molecule has 13 heteroatoms. The van der Waals surface area contributed by atoms with Gasteiger partial charge in [-0.2, -0.15) is 8.42 Å². The van der Waals surface area contributed by atoms with Crippen molar-refractivity contribution in [2.75, 3.05) is 11.9 Å². The van der Waals surface area contributed by atoms with Crippen molar-refractivity contribution in [3.8, 4) is 0 Å². The molecule has 0 spiro atoms. The summed E-state index contributed by atoms with van der Waals surface area (Å²) in [6, 6.07) is 6.98. The minimum atomic E-state index is -4.09. The van der Waals surface area contributed by atoms with Crippen LogP contribution < -0.4 is 10.5 Å². The molecule has 0 bridgehead atoms. The van der Waals surface area contributed by atoms with E-state index in [0.717, 1.165) is 11.3 Å². The van der Waals surface area contributed by atoms with Crippen LogP contribution in [0.3, 0.4) is 0 Å². The van der Waals surface area contributed by atoms with Crippen LogP contribution in [0, 0.1) is 5.92 Å². The Morgan fingerprint density at radius 2 is 2.18 bits per heavy atom. The molecule has 3 aromatic heterocycles. The smallest absolute Gasteiger partial charge is 0.333 e. The number of aliphatic hydroxyl groups is 1. The molecule has 0 unspecified atom stereocenters. The lowest BCUT2D eigenvalue weighted by Gasteiger charge is -2.15. The van der Waals surface area contributed by atoms with Crippen LogP contribution in [-0.4, -0.2) is 53.0 Å². The van der Waals surface area contributed by atoms with Gasteiger partial charge in [-0.25, -0.2) is 20.1 Å². The van der Waals surface area contributed by atoms with Crippen LogP contribution in [0.25, 0.3) is 0 Å². The van der Waals surface area contributed by atoms with Gasteiger partial charge in [-0.1, -0.05) is 17.7 Å². The molecule has 3 aromatic rings. The van der Waals surface area contributed by atoms with Crippen molar-refractivity contribution >= 4 is 44.8 Å². The molecule has 0 amide bonds. The van der Waals surface area contributed by atoms with Gasteiger partial charge >= 0.3 is 10.3 Å². The summed E-state index contributed by atoms with van der Waals surface area (Å²) in [5.41, 5.74) is 2.04. The minimum absolute atomic E-state index is 0.215. The molecule has 1 aliphatic rings. The second-order valence-electron chi connectivity index (χ2n) is 7.98. The number of hydrogen-bond donors (Lipinski definition) is 3. The Morgan fingerprint density at radius 1 is 1.35 bits per heavy atom. The molecule has 0 radical (unpaired) electrons. The predicted octanol–water partition coefficient (Wildman–Crippen LogP) is 2.18. The van der Waals surface area contributed by atoms with E-state index in [1.165, 1.54) is 23.9 Å². The third-order valence-electron chi connectivity index (χ3n) is 5.44. The van der Waals surface area contributed by atoms with Crippen LogP contribution in [0.2, 0.25) is 5.15 Å². The van der Waals surface area contributed by atoms with Crippen molar-refractivity contribution in [2.45, 2.75) is 31.4 Å². The molecule has 0 aliphatic heterocycles. The van der Waals surface area contributed by atoms with Crippen molar-refractivity contribution in [1.82, 2.24) is 15.0 Å². The van der Waals surface area contributed by atoms with E-state index >= 15 is 0 Å². The van der Waals surface area contributed by atoms with Crippen LogP contribution in [0.1, 0.15) is 39.3 Å². The Hall–Kier alpha value is -2.48. The number of anilines is 1. The Kier molecular flexibility index (Phi) is 7.55. The van der Waals surface area contributed by atoms with Crippen molar-refractivity contribution in [1.29, 1.82) is 0 Å². The largest absolute Gasteiger partial charge is 0.393 e. The zero-order chi connectivity index (χ0) is 24.3. The number of hydrogen-bond acceptors (Lipinski definition) is 10. The summed E-state index contributed by atoms with van der Waals surface area (Å²) >= 11 is 7.27. The number of aliphatic hydroxyl groups excluding tert-OH is 1. The number of nitrogens with zero attached hydrogens (tertiary/aromatic N) is 3. The summed E-state index contributed by atoms with van der Waals surface area (Å²) in [7, 11) is -4.09. The number of nitrogens with two attached hydrogens (primary N) is 1. The average molecular weight is 524 g/mol. The van der Waals surface area contributed by atoms with Crippen molar-refractivity contribution in [2.24, 2.45) is 11.1 Å². The summed E-state index contributed by atoms with van der Waals surface area (Å²) in [6.07, 6.45) is 3.30. The van der Waals surface area contributed by atoms with E-state index < -0.39 is 22.3 Å². The molecular formula is C21H22ClN5O5S2. The van der Waals surface area contributed by atoms with E-state index in [0.29, 0.717) is 40.7 Å². The maximum Gasteiger partial charge on any atom is 0.333 e. The monoisotopic (exact) mass is 523 g/mol. The highest BCUT2D eigenvalue weighted by atomic mass is 35.5. The molecule has 3 heterocycles. The number of aromatic nitrogens is 3. The van der Waals surface area contributed by atoms with Crippen LogP contribution >= 0.6 is 22.9 Å². The summed E-state index contributed by atoms with van der Waals surface area (Å²) in [5, 5.41) is 20.6. The van der Waals surface area contributed by atoms with Crippen LogP contribution in [0.4, 0.5) is 5.82 Å². The lowest BCUT2D eigenvalue weighted by molar-refractivity contribution is 0.101. The van der Waals surface area contributed by atoms with Crippen molar-refractivity contribution < 1.29 is 22.5 Å². The van der Waals surface area contributed by atoms with Gasteiger partial charge in [0.15, 0.2) is 0 Å². The molecule has 4 N–H and O–H groups in total. The first kappa shape index (κ1) is 24.6. The normalized spacial score (nSPS) is 20.4. The summed E-state index contributed by atoms with van der Waals surface area (Å²) in [6.45, 7) is -0.215. The van der Waals surface area contributed by atoms with Crippen LogP contribution in [-0.2, 0) is 20.9 Å². The third-order valence-corrected chi connectivity index (χ3v) is 7.09. The van der Waals surface area contributed by atoms with Gasteiger partial charge in [0.05, 0.1) is 23.2 Å². The van der Waals surface area contributed by atoms with E-state index in [4.69, 9.17) is 16.7 Å². The van der Waals surface area contributed by atoms with E-state index in [-0.39, 0.29) is 18.4 Å². The summed E-state index contributed by atoms with van der Waals surface area (Å²) in [4.78, 5) is 26.2. The Labute approximate surface area is 205 Å². The third kappa shape index (κ3) is 6.34. The first-order chi connectivity index (χ1) is 16.2. The number of halogens is 1. The average Bonchev–Trinajstić information content (AvgIpc) is 3.38. The number of carbonyl (C=O) groups excluding carboxylic acids is 1. The number of thiophene rings is 1. The Morgan fingerprint density at radius 3 is 2.94 bits per heavy atom. The van der Waals surface area contributed by atoms with E-state index in [1.807, 2.05) is 23.6 Å². The lowest BCUT2D eigenvalue weighted by atomic mass is 10.1. The molecule has 180 valence electrons. The van der Waals surface area contributed by atoms with Gasteiger partial charge in [-0.3, -0.25) is 8.98 Å². The molecule has 1 saturated carbocycles. The van der Waals surface area contributed by atoms with E-state index in [1.54, 1.807) is 6.07 Å². The predicted molar refractivity (Wildman–Crippen MR) is 127 cm³/mol. The zero-order valence-corrected chi connectivity index (χ0v) is 20.2. The maximum absolute atomic E-state index is 13.2. The Balaban J connectivity index is 1.44. The number of rotatable bonds is 9.